The Kier molecular flexibility index (Phi) is 5.23. The largest absolute Gasteiger partial charge is 0.478 e. The second-order valence-corrected chi connectivity index (χ2v) is 3.82. The normalized spacial score (nSPS) is 9.94. The number of carbonyl (C=O) groups is 1. The van der Waals surface area contributed by atoms with Gasteiger partial charge in [0.15, 0.2) is 0 Å². The molecule has 0 saturated carbocycles. The number of ether oxygens (including phenoxy) is 1. The highest BCUT2D eigenvalue weighted by atomic mass is 16.5. The van der Waals surface area contributed by atoms with Gasteiger partial charge >= 0.3 is 5.97 Å². The van der Waals surface area contributed by atoms with Crippen LogP contribution in [0.2, 0.25) is 0 Å². The second-order valence-electron chi connectivity index (χ2n) is 3.82. The Morgan fingerprint density at radius 2 is 2.29 bits per heavy atom. The minimum absolute atomic E-state index is 0.276. The van der Waals surface area contributed by atoms with Crippen LogP contribution in [0.15, 0.2) is 36.4 Å². The summed E-state index contributed by atoms with van der Waals surface area (Å²) in [5, 5.41) is 11.9. The maximum Gasteiger partial charge on any atom is 0.335 e. The Morgan fingerprint density at radius 3 is 2.94 bits per heavy atom. The van der Waals surface area contributed by atoms with Crippen molar-refractivity contribution < 1.29 is 14.6 Å². The molecule has 0 aliphatic heterocycles. The van der Waals surface area contributed by atoms with Crippen LogP contribution in [0.4, 0.5) is 5.69 Å². The van der Waals surface area contributed by atoms with Crippen LogP contribution in [0.25, 0.3) is 0 Å². The fourth-order valence-corrected chi connectivity index (χ4v) is 1.28. The Labute approximate surface area is 101 Å². The molecule has 0 bridgehead atoms. The molecule has 0 heterocycles. The van der Waals surface area contributed by atoms with Gasteiger partial charge in [-0.15, -0.1) is 0 Å². The van der Waals surface area contributed by atoms with E-state index in [4.69, 9.17) is 9.84 Å². The molecule has 0 amide bonds. The van der Waals surface area contributed by atoms with E-state index in [0.717, 1.165) is 11.3 Å². The van der Waals surface area contributed by atoms with E-state index in [1.165, 1.54) is 0 Å². The lowest BCUT2D eigenvalue weighted by molar-refractivity contribution is 0.0697. The SMILES string of the molecule is C=C(C)COCCNc1cccc(C(=O)O)c1. The monoisotopic (exact) mass is 235 g/mol. The first-order valence-corrected chi connectivity index (χ1v) is 5.39. The lowest BCUT2D eigenvalue weighted by Gasteiger charge is -2.07. The lowest BCUT2D eigenvalue weighted by Crippen LogP contribution is -2.10. The second kappa shape index (κ2) is 6.70. The number of hydrogen-bond donors (Lipinski definition) is 2. The maximum atomic E-state index is 10.7. The van der Waals surface area contributed by atoms with Gasteiger partial charge in [0, 0.05) is 12.2 Å². The predicted molar refractivity (Wildman–Crippen MR) is 67.5 cm³/mol. The molecule has 0 radical (unpaired) electrons. The van der Waals surface area contributed by atoms with Crippen molar-refractivity contribution in [2.45, 2.75) is 6.92 Å². The van der Waals surface area contributed by atoms with E-state index in [1.54, 1.807) is 18.2 Å². The molecule has 0 saturated heterocycles. The third-order valence-corrected chi connectivity index (χ3v) is 2.03. The highest BCUT2D eigenvalue weighted by molar-refractivity contribution is 5.88. The van der Waals surface area contributed by atoms with E-state index in [9.17, 15) is 4.79 Å². The van der Waals surface area contributed by atoms with Gasteiger partial charge in [-0.25, -0.2) is 4.79 Å². The Balaban J connectivity index is 2.34. The summed E-state index contributed by atoms with van der Waals surface area (Å²) in [4.78, 5) is 10.7. The van der Waals surface area contributed by atoms with Crippen molar-refractivity contribution >= 4 is 11.7 Å². The average Bonchev–Trinajstić information content (AvgIpc) is 2.28. The molecular weight excluding hydrogens is 218 g/mol. The van der Waals surface area contributed by atoms with Crippen molar-refractivity contribution in [3.05, 3.63) is 42.0 Å². The molecule has 4 nitrogen and oxygen atoms in total. The number of rotatable bonds is 7. The van der Waals surface area contributed by atoms with Crippen molar-refractivity contribution in [3.8, 4) is 0 Å². The Bertz CT molecular complexity index is 401. The van der Waals surface area contributed by atoms with Gasteiger partial charge in [0.05, 0.1) is 18.8 Å². The van der Waals surface area contributed by atoms with Crippen LogP contribution in [0.5, 0.6) is 0 Å². The van der Waals surface area contributed by atoms with Crippen molar-refractivity contribution in [2.75, 3.05) is 25.1 Å². The van der Waals surface area contributed by atoms with Gasteiger partial charge in [0.1, 0.15) is 0 Å². The molecule has 0 aromatic heterocycles. The van der Waals surface area contributed by atoms with Crippen LogP contribution in [-0.4, -0.2) is 30.8 Å². The first-order valence-electron chi connectivity index (χ1n) is 5.39. The van der Waals surface area contributed by atoms with Crippen LogP contribution in [0.3, 0.4) is 0 Å². The standard InChI is InChI=1S/C13H17NO3/c1-10(2)9-17-7-6-14-12-5-3-4-11(8-12)13(15)16/h3-5,8,14H,1,6-7,9H2,2H3,(H,15,16). The van der Waals surface area contributed by atoms with E-state index in [1.807, 2.05) is 13.0 Å². The molecular formula is C13H17NO3. The first kappa shape index (κ1) is 13.3. The summed E-state index contributed by atoms with van der Waals surface area (Å²) in [6.07, 6.45) is 0. The fourth-order valence-electron chi connectivity index (χ4n) is 1.28. The summed E-state index contributed by atoms with van der Waals surface area (Å²) in [6.45, 7) is 7.39. The van der Waals surface area contributed by atoms with Gasteiger partial charge in [-0.2, -0.15) is 0 Å². The molecule has 0 aliphatic rings. The Hall–Kier alpha value is -1.81. The molecule has 0 atom stereocenters. The van der Waals surface area contributed by atoms with E-state index in [0.29, 0.717) is 19.8 Å². The number of carboxylic acid groups (broad SMARTS) is 1. The van der Waals surface area contributed by atoms with Crippen molar-refractivity contribution in [3.63, 3.8) is 0 Å². The van der Waals surface area contributed by atoms with Gasteiger partial charge < -0.3 is 15.2 Å². The summed E-state index contributed by atoms with van der Waals surface area (Å²) in [5.74, 6) is -0.924. The molecule has 1 aromatic rings. The minimum Gasteiger partial charge on any atom is -0.478 e. The van der Waals surface area contributed by atoms with Crippen LogP contribution in [-0.2, 0) is 4.74 Å². The van der Waals surface area contributed by atoms with E-state index < -0.39 is 5.97 Å². The van der Waals surface area contributed by atoms with Gasteiger partial charge in [0.2, 0.25) is 0 Å². The number of aromatic carboxylic acids is 1. The smallest absolute Gasteiger partial charge is 0.335 e. The summed E-state index contributed by atoms with van der Waals surface area (Å²) in [5.41, 5.74) is 2.04. The third kappa shape index (κ3) is 5.17. The van der Waals surface area contributed by atoms with Gasteiger partial charge in [-0.3, -0.25) is 0 Å². The Morgan fingerprint density at radius 1 is 1.53 bits per heavy atom. The van der Waals surface area contributed by atoms with Crippen molar-refractivity contribution in [1.82, 2.24) is 0 Å². The number of benzene rings is 1. The molecule has 4 heteroatoms. The molecule has 0 spiro atoms. The van der Waals surface area contributed by atoms with Gasteiger partial charge in [-0.05, 0) is 25.1 Å². The van der Waals surface area contributed by atoms with Crippen LogP contribution >= 0.6 is 0 Å². The van der Waals surface area contributed by atoms with Crippen LogP contribution in [0, 0.1) is 0 Å². The number of carboxylic acids is 1. The highest BCUT2D eigenvalue weighted by Gasteiger charge is 2.02. The zero-order valence-electron chi connectivity index (χ0n) is 9.90. The summed E-state index contributed by atoms with van der Waals surface area (Å²) >= 11 is 0. The molecule has 2 N–H and O–H groups in total. The molecule has 0 unspecified atom stereocenters. The number of anilines is 1. The van der Waals surface area contributed by atoms with E-state index >= 15 is 0 Å². The van der Waals surface area contributed by atoms with Crippen LogP contribution in [0.1, 0.15) is 17.3 Å². The topological polar surface area (TPSA) is 58.6 Å². The van der Waals surface area contributed by atoms with Gasteiger partial charge in [-0.1, -0.05) is 18.2 Å². The number of nitrogens with one attached hydrogen (secondary N) is 1. The van der Waals surface area contributed by atoms with E-state index in [2.05, 4.69) is 11.9 Å². The highest BCUT2D eigenvalue weighted by Crippen LogP contribution is 2.10. The van der Waals surface area contributed by atoms with E-state index in [-0.39, 0.29) is 5.56 Å². The molecule has 92 valence electrons. The van der Waals surface area contributed by atoms with Gasteiger partial charge in [0.25, 0.3) is 0 Å². The lowest BCUT2D eigenvalue weighted by atomic mass is 10.2. The summed E-state index contributed by atoms with van der Waals surface area (Å²) in [7, 11) is 0. The zero-order chi connectivity index (χ0) is 12.7. The third-order valence-electron chi connectivity index (χ3n) is 2.03. The molecule has 17 heavy (non-hydrogen) atoms. The molecule has 1 aromatic carbocycles. The first-order chi connectivity index (χ1) is 8.09. The maximum absolute atomic E-state index is 10.7. The average molecular weight is 235 g/mol. The van der Waals surface area contributed by atoms with Crippen LogP contribution < -0.4 is 5.32 Å². The zero-order valence-corrected chi connectivity index (χ0v) is 9.90. The summed E-state index contributed by atoms with van der Waals surface area (Å²) < 4.78 is 5.32. The quantitative estimate of drug-likeness (QED) is 0.562. The number of hydrogen-bond acceptors (Lipinski definition) is 3. The summed E-state index contributed by atoms with van der Waals surface area (Å²) in [6, 6.07) is 6.69. The molecule has 0 fully saturated rings. The van der Waals surface area contributed by atoms with Crippen molar-refractivity contribution in [2.24, 2.45) is 0 Å². The molecule has 1 rings (SSSR count). The molecule has 0 aliphatic carbocycles. The fraction of sp³-hybridized carbons (Fsp3) is 0.308. The van der Waals surface area contributed by atoms with Crippen molar-refractivity contribution in [1.29, 1.82) is 0 Å². The minimum atomic E-state index is -0.924. The predicted octanol–water partition coefficient (Wildman–Crippen LogP) is 2.39.